The predicted molar refractivity (Wildman–Crippen MR) is 94.3 cm³/mol. The number of fused-ring (bicyclic) bond motifs is 1. The Bertz CT molecular complexity index is 774. The van der Waals surface area contributed by atoms with E-state index in [1.165, 1.54) is 17.4 Å². The number of halogens is 1. The van der Waals surface area contributed by atoms with Crippen molar-refractivity contribution in [1.82, 2.24) is 5.32 Å². The van der Waals surface area contributed by atoms with Crippen molar-refractivity contribution in [2.24, 2.45) is 5.41 Å². The van der Waals surface area contributed by atoms with Gasteiger partial charge in [-0.25, -0.2) is 4.79 Å². The molecule has 4 nitrogen and oxygen atoms in total. The summed E-state index contributed by atoms with van der Waals surface area (Å²) in [6.45, 7) is 5.87. The van der Waals surface area contributed by atoms with Gasteiger partial charge >= 0.3 is 5.97 Å². The molecule has 0 saturated carbocycles. The molecule has 0 radical (unpaired) electrons. The molecule has 2 aromatic rings. The maximum absolute atomic E-state index is 12.3. The Morgan fingerprint density at radius 2 is 2.00 bits per heavy atom. The molecule has 2 N–H and O–H groups in total. The number of hydrogen-bond donors (Lipinski definition) is 2. The molecule has 0 aliphatic carbocycles. The molecular weight excluding hydrogens is 334 g/mol. The zero-order valence-corrected chi connectivity index (χ0v) is 14.7. The third kappa shape index (κ3) is 4.81. The molecular formula is C17H18ClNO3S. The summed E-state index contributed by atoms with van der Waals surface area (Å²) in [5.41, 5.74) is 0.247. The minimum atomic E-state index is -1.10. The Morgan fingerprint density at radius 1 is 1.30 bits per heavy atom. The summed E-state index contributed by atoms with van der Waals surface area (Å²) in [5.74, 6) is -1.53. The Morgan fingerprint density at radius 3 is 2.61 bits per heavy atom. The summed E-state index contributed by atoms with van der Waals surface area (Å²) in [6.07, 6.45) is 3.27. The van der Waals surface area contributed by atoms with Crippen LogP contribution in [-0.2, 0) is 4.79 Å². The number of aliphatic carboxylic acids is 1. The number of amides is 1. The number of thiophene rings is 1. The first-order valence-electron chi connectivity index (χ1n) is 7.08. The second kappa shape index (κ2) is 6.72. The monoisotopic (exact) mass is 351 g/mol. The van der Waals surface area contributed by atoms with Crippen LogP contribution < -0.4 is 5.32 Å². The fourth-order valence-electron chi connectivity index (χ4n) is 1.94. The number of rotatable bonds is 4. The lowest BCUT2D eigenvalue weighted by molar-refractivity contribution is -0.137. The fraction of sp³-hybridized carbons (Fsp3) is 0.294. The van der Waals surface area contributed by atoms with E-state index >= 15 is 0 Å². The van der Waals surface area contributed by atoms with Gasteiger partial charge in [0.2, 0.25) is 0 Å². The minimum Gasteiger partial charge on any atom is -0.479 e. The maximum Gasteiger partial charge on any atom is 0.330 e. The molecule has 1 heterocycles. The summed E-state index contributed by atoms with van der Waals surface area (Å²) in [7, 11) is 0. The van der Waals surface area contributed by atoms with Crippen LogP contribution in [0.4, 0.5) is 0 Å². The lowest BCUT2D eigenvalue weighted by Crippen LogP contribution is -2.39. The molecule has 1 aromatic heterocycles. The molecule has 2 rings (SSSR count). The Balaban J connectivity index is 2.19. The predicted octanol–water partition coefficient (Wildman–Crippen LogP) is 4.34. The number of carbonyl (C=O) groups is 2. The van der Waals surface area contributed by atoms with Crippen molar-refractivity contribution in [3.63, 3.8) is 0 Å². The van der Waals surface area contributed by atoms with Gasteiger partial charge < -0.3 is 10.4 Å². The highest BCUT2D eigenvalue weighted by molar-refractivity contribution is 7.22. The molecule has 6 heteroatoms. The number of carboxylic acids is 1. The van der Waals surface area contributed by atoms with Gasteiger partial charge in [-0.1, -0.05) is 50.6 Å². The van der Waals surface area contributed by atoms with E-state index in [0.29, 0.717) is 9.90 Å². The van der Waals surface area contributed by atoms with Gasteiger partial charge in [0.1, 0.15) is 6.04 Å². The summed E-state index contributed by atoms with van der Waals surface area (Å²) >= 11 is 7.33. The molecule has 0 fully saturated rings. The van der Waals surface area contributed by atoms with Gasteiger partial charge in [-0.05, 0) is 29.0 Å². The normalized spacial score (nSPS) is 13.4. The third-order valence-corrected chi connectivity index (χ3v) is 4.32. The van der Waals surface area contributed by atoms with Crippen molar-refractivity contribution in [3.05, 3.63) is 46.3 Å². The summed E-state index contributed by atoms with van der Waals surface area (Å²) in [5, 5.41) is 12.7. The minimum absolute atomic E-state index is 0.162. The summed E-state index contributed by atoms with van der Waals surface area (Å²) < 4.78 is 1.54. The standard InChI is InChI=1S/C17H18ClNO3S/c1-17(2,3)7-6-12(16(21)22)19-15(20)11-5-4-10-9-14(18)23-13(10)8-11/h4-9,12H,1-3H3,(H,19,20)(H,21,22)/b7-6+. The Kier molecular flexibility index (Phi) is 5.12. The van der Waals surface area contributed by atoms with E-state index in [9.17, 15) is 14.7 Å². The van der Waals surface area contributed by atoms with E-state index in [4.69, 9.17) is 11.6 Å². The van der Waals surface area contributed by atoms with Crippen LogP contribution in [0.2, 0.25) is 4.34 Å². The molecule has 1 aromatic carbocycles. The topological polar surface area (TPSA) is 66.4 Å². The molecule has 0 spiro atoms. The number of nitrogens with one attached hydrogen (secondary N) is 1. The maximum atomic E-state index is 12.3. The van der Waals surface area contributed by atoms with Crippen LogP contribution in [0.1, 0.15) is 31.1 Å². The van der Waals surface area contributed by atoms with Crippen LogP contribution >= 0.6 is 22.9 Å². The van der Waals surface area contributed by atoms with Crippen LogP contribution in [0, 0.1) is 5.41 Å². The second-order valence-electron chi connectivity index (χ2n) is 6.32. The second-order valence-corrected chi connectivity index (χ2v) is 8.03. The first-order chi connectivity index (χ1) is 10.7. The van der Waals surface area contributed by atoms with Gasteiger partial charge in [-0.2, -0.15) is 0 Å². The van der Waals surface area contributed by atoms with Gasteiger partial charge in [0.15, 0.2) is 0 Å². The van der Waals surface area contributed by atoms with Crippen molar-refractivity contribution in [2.45, 2.75) is 26.8 Å². The zero-order valence-electron chi connectivity index (χ0n) is 13.1. The van der Waals surface area contributed by atoms with Crippen LogP contribution in [0.25, 0.3) is 10.1 Å². The van der Waals surface area contributed by atoms with Crippen LogP contribution in [0.15, 0.2) is 36.4 Å². The Hall–Kier alpha value is -1.85. The molecule has 1 atom stereocenters. The smallest absolute Gasteiger partial charge is 0.330 e. The first kappa shape index (κ1) is 17.5. The van der Waals surface area contributed by atoms with E-state index < -0.39 is 17.9 Å². The summed E-state index contributed by atoms with van der Waals surface area (Å²) in [4.78, 5) is 23.6. The largest absolute Gasteiger partial charge is 0.479 e. The number of hydrogen-bond acceptors (Lipinski definition) is 3. The van der Waals surface area contributed by atoms with Crippen molar-refractivity contribution in [3.8, 4) is 0 Å². The highest BCUT2D eigenvalue weighted by atomic mass is 35.5. The van der Waals surface area contributed by atoms with Crippen molar-refractivity contribution < 1.29 is 14.7 Å². The molecule has 1 unspecified atom stereocenters. The Labute approximate surface area is 143 Å². The van der Waals surface area contributed by atoms with Gasteiger partial charge in [0.25, 0.3) is 5.91 Å². The fourth-order valence-corrected chi connectivity index (χ4v) is 3.14. The molecule has 0 aliphatic heterocycles. The lowest BCUT2D eigenvalue weighted by atomic mass is 9.95. The number of carbonyl (C=O) groups excluding carboxylic acids is 1. The summed E-state index contributed by atoms with van der Waals surface area (Å²) in [6, 6.07) is 5.94. The highest BCUT2D eigenvalue weighted by Gasteiger charge is 2.19. The van der Waals surface area contributed by atoms with Crippen LogP contribution in [0.5, 0.6) is 0 Å². The van der Waals surface area contributed by atoms with Gasteiger partial charge in [0.05, 0.1) is 4.34 Å². The van der Waals surface area contributed by atoms with Gasteiger partial charge in [-0.3, -0.25) is 4.79 Å². The van der Waals surface area contributed by atoms with E-state index in [1.807, 2.05) is 26.8 Å². The van der Waals surface area contributed by atoms with Gasteiger partial charge in [-0.15, -0.1) is 11.3 Å². The lowest BCUT2D eigenvalue weighted by Gasteiger charge is -2.15. The van der Waals surface area contributed by atoms with E-state index in [0.717, 1.165) is 10.1 Å². The molecule has 23 heavy (non-hydrogen) atoms. The number of benzene rings is 1. The average Bonchev–Trinajstić information content (AvgIpc) is 2.80. The van der Waals surface area contributed by atoms with Crippen LogP contribution in [0.3, 0.4) is 0 Å². The van der Waals surface area contributed by atoms with Crippen molar-refractivity contribution >= 4 is 44.9 Å². The van der Waals surface area contributed by atoms with E-state index in [2.05, 4.69) is 5.32 Å². The SMILES string of the molecule is CC(C)(C)/C=C/C(NC(=O)c1ccc2cc(Cl)sc2c1)C(=O)O. The van der Waals surface area contributed by atoms with E-state index in [1.54, 1.807) is 24.3 Å². The molecule has 0 bridgehead atoms. The third-order valence-electron chi connectivity index (χ3n) is 3.09. The molecule has 0 aliphatic rings. The highest BCUT2D eigenvalue weighted by Crippen LogP contribution is 2.30. The molecule has 122 valence electrons. The van der Waals surface area contributed by atoms with Gasteiger partial charge in [0, 0.05) is 10.3 Å². The van der Waals surface area contributed by atoms with E-state index in [-0.39, 0.29) is 5.41 Å². The first-order valence-corrected chi connectivity index (χ1v) is 8.27. The quantitative estimate of drug-likeness (QED) is 0.805. The number of allylic oxidation sites excluding steroid dienone is 1. The molecule has 1 amide bonds. The number of carboxylic acid groups (broad SMARTS) is 1. The van der Waals surface area contributed by atoms with Crippen LogP contribution in [-0.4, -0.2) is 23.0 Å². The van der Waals surface area contributed by atoms with Crippen molar-refractivity contribution in [1.29, 1.82) is 0 Å². The average molecular weight is 352 g/mol. The zero-order chi connectivity index (χ0) is 17.2. The molecule has 0 saturated heterocycles. The van der Waals surface area contributed by atoms with Crippen molar-refractivity contribution in [2.75, 3.05) is 0 Å².